The number of carbonyl (C=O) groups excluding carboxylic acids is 1. The third kappa shape index (κ3) is 4.29. The molecule has 0 aromatic heterocycles. The maximum absolute atomic E-state index is 12.7. The Kier molecular flexibility index (Phi) is 5.92. The molecular weight excluding hydrogens is 352 g/mol. The highest BCUT2D eigenvalue weighted by Crippen LogP contribution is 2.38. The minimum absolute atomic E-state index is 0.378. The minimum atomic E-state index is -0.778. The highest BCUT2D eigenvalue weighted by molar-refractivity contribution is 5.83. The summed E-state index contributed by atoms with van der Waals surface area (Å²) < 4.78 is 16.9. The number of rotatable bonds is 4. The lowest BCUT2D eigenvalue weighted by atomic mass is 9.86. The van der Waals surface area contributed by atoms with Gasteiger partial charge in [-0.3, -0.25) is 0 Å². The van der Waals surface area contributed by atoms with Gasteiger partial charge in [0.25, 0.3) is 0 Å². The van der Waals surface area contributed by atoms with Gasteiger partial charge in [0.2, 0.25) is 0 Å². The van der Waals surface area contributed by atoms with E-state index in [2.05, 4.69) is 31.2 Å². The van der Waals surface area contributed by atoms with Crippen molar-refractivity contribution in [2.24, 2.45) is 0 Å². The average Bonchev–Trinajstić information content (AvgIpc) is 2.66. The van der Waals surface area contributed by atoms with Crippen molar-refractivity contribution in [3.05, 3.63) is 58.1 Å². The highest BCUT2D eigenvalue weighted by atomic mass is 16.6. The van der Waals surface area contributed by atoms with Crippen molar-refractivity contribution in [3.63, 3.8) is 0 Å². The summed E-state index contributed by atoms with van der Waals surface area (Å²) in [4.78, 5) is 12.7. The van der Waals surface area contributed by atoms with Crippen LogP contribution in [0.2, 0.25) is 0 Å². The van der Waals surface area contributed by atoms with E-state index in [1.165, 1.54) is 18.2 Å². The Balaban J connectivity index is 2.19. The van der Waals surface area contributed by atoms with Crippen LogP contribution < -0.4 is 0 Å². The molecule has 1 aliphatic rings. The molecule has 0 N–H and O–H groups in total. The van der Waals surface area contributed by atoms with Crippen LogP contribution in [0.3, 0.4) is 0 Å². The van der Waals surface area contributed by atoms with Gasteiger partial charge in [0, 0.05) is 5.56 Å². The molecule has 150 valence electrons. The van der Waals surface area contributed by atoms with Gasteiger partial charge in [0.15, 0.2) is 6.10 Å². The molecule has 0 radical (unpaired) electrons. The number of fused-ring (bicyclic) bond motifs is 1. The van der Waals surface area contributed by atoms with E-state index in [-0.39, 0.29) is 5.97 Å². The first-order valence-corrected chi connectivity index (χ1v) is 9.77. The summed E-state index contributed by atoms with van der Waals surface area (Å²) in [5, 5.41) is 0. The standard InChI is InChI=1S/C24H30O4/c1-15-7-8-16(2)21(22(23(25)26-6)28-24(3,4)5)20(15)18-9-10-19-14-27-12-11-17(19)13-18/h7-10,13,22H,11-12,14H2,1-6H3. The van der Waals surface area contributed by atoms with Gasteiger partial charge in [-0.1, -0.05) is 30.3 Å². The number of methoxy groups -OCH3 is 1. The molecule has 3 rings (SSSR count). The Morgan fingerprint density at radius 3 is 2.46 bits per heavy atom. The fourth-order valence-electron chi connectivity index (χ4n) is 3.76. The molecule has 1 aliphatic heterocycles. The second kappa shape index (κ2) is 8.06. The molecule has 1 unspecified atom stereocenters. The first kappa shape index (κ1) is 20.6. The highest BCUT2D eigenvalue weighted by Gasteiger charge is 2.32. The predicted molar refractivity (Wildman–Crippen MR) is 110 cm³/mol. The lowest BCUT2D eigenvalue weighted by molar-refractivity contribution is -0.164. The number of aryl methyl sites for hydroxylation is 2. The third-order valence-electron chi connectivity index (χ3n) is 5.09. The molecule has 0 spiro atoms. The molecule has 0 saturated heterocycles. The molecule has 2 aromatic carbocycles. The lowest BCUT2D eigenvalue weighted by Gasteiger charge is -2.29. The van der Waals surface area contributed by atoms with Gasteiger partial charge in [-0.25, -0.2) is 4.79 Å². The topological polar surface area (TPSA) is 44.8 Å². The summed E-state index contributed by atoms with van der Waals surface area (Å²) >= 11 is 0. The Morgan fingerprint density at radius 2 is 1.79 bits per heavy atom. The van der Waals surface area contributed by atoms with Gasteiger partial charge in [-0.15, -0.1) is 0 Å². The first-order chi connectivity index (χ1) is 13.2. The van der Waals surface area contributed by atoms with E-state index in [1.54, 1.807) is 0 Å². The third-order valence-corrected chi connectivity index (χ3v) is 5.09. The van der Waals surface area contributed by atoms with Crippen LogP contribution in [0.5, 0.6) is 0 Å². The zero-order valence-corrected chi connectivity index (χ0v) is 17.7. The zero-order valence-electron chi connectivity index (χ0n) is 17.7. The van der Waals surface area contributed by atoms with Crippen molar-refractivity contribution in [2.75, 3.05) is 13.7 Å². The second-order valence-electron chi connectivity index (χ2n) is 8.41. The molecule has 0 saturated carbocycles. The monoisotopic (exact) mass is 382 g/mol. The number of ether oxygens (including phenoxy) is 3. The molecule has 4 nitrogen and oxygen atoms in total. The minimum Gasteiger partial charge on any atom is -0.467 e. The molecule has 28 heavy (non-hydrogen) atoms. The number of hydrogen-bond donors (Lipinski definition) is 0. The summed E-state index contributed by atoms with van der Waals surface area (Å²) in [6.45, 7) is 11.4. The quantitative estimate of drug-likeness (QED) is 0.693. The van der Waals surface area contributed by atoms with E-state index in [0.29, 0.717) is 6.61 Å². The SMILES string of the molecule is COC(=O)C(OC(C)(C)C)c1c(C)ccc(C)c1-c1ccc2c(c1)CCOC2. The zero-order chi connectivity index (χ0) is 20.5. The van der Waals surface area contributed by atoms with Crippen LogP contribution in [-0.4, -0.2) is 25.3 Å². The molecule has 0 aliphatic carbocycles. The van der Waals surface area contributed by atoms with Gasteiger partial charge in [0.1, 0.15) is 0 Å². The van der Waals surface area contributed by atoms with Crippen molar-refractivity contribution < 1.29 is 19.0 Å². The molecule has 0 amide bonds. The Labute approximate surface area is 167 Å². The Bertz CT molecular complexity index is 877. The van der Waals surface area contributed by atoms with E-state index >= 15 is 0 Å². The van der Waals surface area contributed by atoms with Crippen molar-refractivity contribution in [3.8, 4) is 11.1 Å². The van der Waals surface area contributed by atoms with Crippen LogP contribution in [0.4, 0.5) is 0 Å². The van der Waals surface area contributed by atoms with Gasteiger partial charge < -0.3 is 14.2 Å². The summed E-state index contributed by atoms with van der Waals surface area (Å²) in [7, 11) is 1.41. The molecule has 1 heterocycles. The van der Waals surface area contributed by atoms with Gasteiger partial charge in [-0.05, 0) is 74.4 Å². The molecular formula is C24H30O4. The van der Waals surface area contributed by atoms with Crippen molar-refractivity contribution >= 4 is 5.97 Å². The largest absolute Gasteiger partial charge is 0.467 e. The Morgan fingerprint density at radius 1 is 1.07 bits per heavy atom. The number of esters is 1. The first-order valence-electron chi connectivity index (χ1n) is 9.77. The molecule has 0 bridgehead atoms. The van der Waals surface area contributed by atoms with E-state index in [9.17, 15) is 4.79 Å². The number of carbonyl (C=O) groups is 1. The second-order valence-corrected chi connectivity index (χ2v) is 8.41. The molecule has 4 heteroatoms. The fourth-order valence-corrected chi connectivity index (χ4v) is 3.76. The van der Waals surface area contributed by atoms with E-state index in [1.807, 2.05) is 33.8 Å². The van der Waals surface area contributed by atoms with Crippen LogP contribution in [0.25, 0.3) is 11.1 Å². The predicted octanol–water partition coefficient (Wildman–Crippen LogP) is 5.07. The van der Waals surface area contributed by atoms with Crippen LogP contribution in [-0.2, 0) is 32.0 Å². The van der Waals surface area contributed by atoms with Crippen LogP contribution >= 0.6 is 0 Å². The van der Waals surface area contributed by atoms with Crippen molar-refractivity contribution in [1.82, 2.24) is 0 Å². The fraction of sp³-hybridized carbons (Fsp3) is 0.458. The number of benzene rings is 2. The molecule has 1 atom stereocenters. The van der Waals surface area contributed by atoms with Gasteiger partial charge in [0.05, 0.1) is 25.9 Å². The van der Waals surface area contributed by atoms with E-state index < -0.39 is 11.7 Å². The molecule has 0 fully saturated rings. The van der Waals surface area contributed by atoms with Crippen molar-refractivity contribution in [2.45, 2.75) is 59.4 Å². The molecule has 2 aromatic rings. The summed E-state index contributed by atoms with van der Waals surface area (Å²) in [5.74, 6) is -0.378. The maximum Gasteiger partial charge on any atom is 0.339 e. The van der Waals surface area contributed by atoms with Gasteiger partial charge >= 0.3 is 5.97 Å². The van der Waals surface area contributed by atoms with Crippen LogP contribution in [0, 0.1) is 13.8 Å². The van der Waals surface area contributed by atoms with Crippen molar-refractivity contribution in [1.29, 1.82) is 0 Å². The maximum atomic E-state index is 12.7. The average molecular weight is 383 g/mol. The van der Waals surface area contributed by atoms with E-state index in [4.69, 9.17) is 14.2 Å². The smallest absolute Gasteiger partial charge is 0.339 e. The lowest BCUT2D eigenvalue weighted by Crippen LogP contribution is -2.29. The van der Waals surface area contributed by atoms with Gasteiger partial charge in [-0.2, -0.15) is 0 Å². The normalized spacial score (nSPS) is 15.1. The summed E-state index contributed by atoms with van der Waals surface area (Å²) in [6.07, 6.45) is 0.127. The summed E-state index contributed by atoms with van der Waals surface area (Å²) in [5.41, 5.74) is 7.21. The number of hydrogen-bond acceptors (Lipinski definition) is 4. The summed E-state index contributed by atoms with van der Waals surface area (Å²) in [6, 6.07) is 10.6. The Hall–Kier alpha value is -2.17. The van der Waals surface area contributed by atoms with E-state index in [0.717, 1.165) is 40.8 Å². The van der Waals surface area contributed by atoms with Crippen LogP contribution in [0.1, 0.15) is 54.7 Å². The van der Waals surface area contributed by atoms with Crippen LogP contribution in [0.15, 0.2) is 30.3 Å².